The van der Waals surface area contributed by atoms with Crippen LogP contribution in [0, 0.1) is 0 Å². The number of piperazine rings is 1. The predicted octanol–water partition coefficient (Wildman–Crippen LogP) is 1.66. The van der Waals surface area contributed by atoms with Crippen molar-refractivity contribution in [3.63, 3.8) is 0 Å². The fourth-order valence-corrected chi connectivity index (χ4v) is 4.39. The summed E-state index contributed by atoms with van der Waals surface area (Å²) >= 11 is 0. The number of aliphatic imine (C=N–C) groups is 1. The second-order valence-electron chi connectivity index (χ2n) is 7.68. The molecule has 5 rings (SSSR count). The van der Waals surface area contributed by atoms with E-state index in [4.69, 9.17) is 4.99 Å². The van der Waals surface area contributed by atoms with E-state index in [0.29, 0.717) is 5.69 Å². The van der Waals surface area contributed by atoms with Crippen LogP contribution in [0.2, 0.25) is 0 Å². The minimum atomic E-state index is 0.0809. The first-order valence-corrected chi connectivity index (χ1v) is 10.1. The number of fused-ring (bicyclic) bond motifs is 2. The zero-order valence-corrected chi connectivity index (χ0v) is 16.0. The molecule has 1 amide bonds. The summed E-state index contributed by atoms with van der Waals surface area (Å²) in [6.45, 7) is 7.31. The zero-order chi connectivity index (χ0) is 18.9. The lowest BCUT2D eigenvalue weighted by Gasteiger charge is -2.37. The summed E-state index contributed by atoms with van der Waals surface area (Å²) in [5.74, 6) is 1.24. The molecule has 0 radical (unpaired) electrons. The number of nitrogens with zero attached hydrogens (tertiary/aromatic N) is 5. The van der Waals surface area contributed by atoms with Gasteiger partial charge in [0.25, 0.3) is 5.91 Å². The molecule has 28 heavy (non-hydrogen) atoms. The van der Waals surface area contributed by atoms with E-state index >= 15 is 0 Å². The molecule has 2 aromatic rings. The second-order valence-corrected chi connectivity index (χ2v) is 7.68. The van der Waals surface area contributed by atoms with Crippen LogP contribution in [-0.4, -0.2) is 77.2 Å². The molecule has 6 heteroatoms. The molecule has 1 fully saturated rings. The van der Waals surface area contributed by atoms with Crippen LogP contribution in [0.15, 0.2) is 47.6 Å². The van der Waals surface area contributed by atoms with Gasteiger partial charge >= 0.3 is 0 Å². The molecule has 0 unspecified atom stereocenters. The normalized spacial score (nSPS) is 19.4. The first-order valence-electron chi connectivity index (χ1n) is 10.1. The van der Waals surface area contributed by atoms with Crippen LogP contribution in [0.4, 0.5) is 0 Å². The Morgan fingerprint density at radius 3 is 2.61 bits per heavy atom. The Morgan fingerprint density at radius 2 is 1.71 bits per heavy atom. The molecule has 4 heterocycles. The molecule has 3 aliphatic rings. The van der Waals surface area contributed by atoms with Gasteiger partial charge in [-0.2, -0.15) is 0 Å². The van der Waals surface area contributed by atoms with Crippen LogP contribution in [0.3, 0.4) is 0 Å². The number of hydrogen-bond donors (Lipinski definition) is 0. The number of hydrogen-bond acceptors (Lipinski definition) is 5. The fraction of sp³-hybridized carbons (Fsp3) is 0.409. The van der Waals surface area contributed by atoms with Crippen molar-refractivity contribution in [3.05, 3.63) is 65.0 Å². The molecule has 144 valence electrons. The third kappa shape index (κ3) is 3.18. The maximum Gasteiger partial charge on any atom is 0.272 e. The van der Waals surface area contributed by atoms with Crippen LogP contribution < -0.4 is 0 Å². The monoisotopic (exact) mass is 375 g/mol. The van der Waals surface area contributed by atoms with Crippen molar-refractivity contribution in [2.45, 2.75) is 13.0 Å². The van der Waals surface area contributed by atoms with E-state index in [2.05, 4.69) is 39.0 Å². The van der Waals surface area contributed by atoms with Crippen molar-refractivity contribution >= 4 is 11.7 Å². The summed E-state index contributed by atoms with van der Waals surface area (Å²) in [6, 6.07) is 12.5. The Bertz CT molecular complexity index is 917. The first-order chi connectivity index (χ1) is 13.8. The minimum Gasteiger partial charge on any atom is -0.354 e. The fourth-order valence-electron chi connectivity index (χ4n) is 4.39. The lowest BCUT2D eigenvalue weighted by molar-refractivity contribution is 0.0699. The standard InChI is InChI=1S/C22H25N5O/c28-22-20-17(5-3-8-23-20)7-9-27(22)15-12-25-10-13-26(14-11-25)21-19-6-2-1-4-18(19)16-24-21/h1-6,8H,7,9-16H2. The molecule has 6 nitrogen and oxygen atoms in total. The molecule has 0 atom stereocenters. The summed E-state index contributed by atoms with van der Waals surface area (Å²) in [5, 5.41) is 0. The minimum absolute atomic E-state index is 0.0809. The van der Waals surface area contributed by atoms with E-state index < -0.39 is 0 Å². The number of carbonyl (C=O) groups excluding carboxylic acids is 1. The van der Waals surface area contributed by atoms with Crippen LogP contribution in [-0.2, 0) is 13.0 Å². The molecular formula is C22H25N5O. The molecule has 0 saturated carbocycles. The van der Waals surface area contributed by atoms with E-state index in [-0.39, 0.29) is 5.91 Å². The van der Waals surface area contributed by atoms with Gasteiger partial charge in [0.05, 0.1) is 6.54 Å². The second kappa shape index (κ2) is 7.36. The van der Waals surface area contributed by atoms with E-state index in [9.17, 15) is 4.79 Å². The highest BCUT2D eigenvalue weighted by Crippen LogP contribution is 2.21. The Morgan fingerprint density at radius 1 is 0.893 bits per heavy atom. The van der Waals surface area contributed by atoms with Gasteiger partial charge < -0.3 is 9.80 Å². The van der Waals surface area contributed by atoms with Gasteiger partial charge in [0.2, 0.25) is 0 Å². The maximum absolute atomic E-state index is 12.7. The Balaban J connectivity index is 1.14. The Kier molecular flexibility index (Phi) is 4.56. The maximum atomic E-state index is 12.7. The van der Waals surface area contributed by atoms with Crippen LogP contribution in [0.5, 0.6) is 0 Å². The smallest absolute Gasteiger partial charge is 0.272 e. The third-order valence-corrected chi connectivity index (χ3v) is 6.05. The summed E-state index contributed by atoms with van der Waals surface area (Å²) in [7, 11) is 0. The lowest BCUT2D eigenvalue weighted by atomic mass is 10.0. The summed E-state index contributed by atoms with van der Waals surface area (Å²) < 4.78 is 0. The first kappa shape index (κ1) is 17.4. The number of aromatic nitrogens is 1. The number of pyridine rings is 1. The van der Waals surface area contributed by atoms with Crippen molar-refractivity contribution in [3.8, 4) is 0 Å². The molecule has 3 aliphatic heterocycles. The van der Waals surface area contributed by atoms with Crippen molar-refractivity contribution < 1.29 is 4.79 Å². The van der Waals surface area contributed by atoms with Gasteiger partial charge in [-0.15, -0.1) is 0 Å². The van der Waals surface area contributed by atoms with Gasteiger partial charge in [0.15, 0.2) is 0 Å². The summed E-state index contributed by atoms with van der Waals surface area (Å²) in [4.78, 5) is 28.5. The van der Waals surface area contributed by atoms with Crippen LogP contribution >= 0.6 is 0 Å². The van der Waals surface area contributed by atoms with Crippen molar-refractivity contribution in [1.82, 2.24) is 19.7 Å². The van der Waals surface area contributed by atoms with E-state index in [1.165, 1.54) is 11.1 Å². The molecule has 0 aliphatic carbocycles. The van der Waals surface area contributed by atoms with Gasteiger partial charge in [-0.1, -0.05) is 30.3 Å². The summed E-state index contributed by atoms with van der Waals surface area (Å²) in [5.41, 5.74) is 4.34. The number of benzene rings is 1. The van der Waals surface area contributed by atoms with Gasteiger partial charge in [-0.25, -0.2) is 0 Å². The van der Waals surface area contributed by atoms with Crippen LogP contribution in [0.25, 0.3) is 0 Å². The highest BCUT2D eigenvalue weighted by atomic mass is 16.2. The van der Waals surface area contributed by atoms with Crippen molar-refractivity contribution in [1.29, 1.82) is 0 Å². The number of amidine groups is 1. The number of rotatable bonds is 3. The quantitative estimate of drug-likeness (QED) is 0.819. The molecule has 1 aromatic heterocycles. The topological polar surface area (TPSA) is 52.0 Å². The molecule has 0 bridgehead atoms. The summed E-state index contributed by atoms with van der Waals surface area (Å²) in [6.07, 6.45) is 2.62. The Labute approximate surface area is 165 Å². The van der Waals surface area contributed by atoms with Gasteiger partial charge in [0, 0.05) is 57.6 Å². The van der Waals surface area contributed by atoms with Gasteiger partial charge in [-0.05, 0) is 23.6 Å². The predicted molar refractivity (Wildman–Crippen MR) is 109 cm³/mol. The lowest BCUT2D eigenvalue weighted by Crippen LogP contribution is -2.51. The number of carbonyl (C=O) groups is 1. The molecule has 0 N–H and O–H groups in total. The molecule has 1 aromatic carbocycles. The third-order valence-electron chi connectivity index (χ3n) is 6.05. The Hall–Kier alpha value is -2.73. The highest BCUT2D eigenvalue weighted by Gasteiger charge is 2.27. The molecule has 0 spiro atoms. The SMILES string of the molecule is O=C1c2ncccc2CCN1CCN1CCN(C2=NCc3ccccc32)CC1. The van der Waals surface area contributed by atoms with Crippen molar-refractivity contribution in [2.75, 3.05) is 45.8 Å². The van der Waals surface area contributed by atoms with Crippen molar-refractivity contribution in [2.24, 2.45) is 4.99 Å². The van der Waals surface area contributed by atoms with E-state index in [0.717, 1.165) is 70.2 Å². The average Bonchev–Trinajstić information content (AvgIpc) is 3.18. The number of amides is 1. The van der Waals surface area contributed by atoms with Crippen LogP contribution in [0.1, 0.15) is 27.2 Å². The zero-order valence-electron chi connectivity index (χ0n) is 16.0. The molecular weight excluding hydrogens is 350 g/mol. The van der Waals surface area contributed by atoms with Gasteiger partial charge in [0.1, 0.15) is 11.5 Å². The van der Waals surface area contributed by atoms with Gasteiger partial charge in [-0.3, -0.25) is 19.7 Å². The van der Waals surface area contributed by atoms with E-state index in [1.54, 1.807) is 6.20 Å². The largest absolute Gasteiger partial charge is 0.354 e. The van der Waals surface area contributed by atoms with E-state index in [1.807, 2.05) is 17.0 Å². The average molecular weight is 375 g/mol. The molecule has 1 saturated heterocycles. The highest BCUT2D eigenvalue weighted by molar-refractivity contribution is 6.02.